The number of nitrogens with zero attached hydrogens (tertiary/aromatic N) is 1. The first-order valence-electron chi connectivity index (χ1n) is 5.72. The van der Waals surface area contributed by atoms with Gasteiger partial charge in [-0.3, -0.25) is 5.32 Å². The summed E-state index contributed by atoms with van der Waals surface area (Å²) in [5, 5.41) is 2.64. The third kappa shape index (κ3) is 3.10. The van der Waals surface area contributed by atoms with Gasteiger partial charge in [-0.2, -0.15) is 0 Å². The molecule has 0 spiro atoms. The number of ether oxygens (including phenoxy) is 1. The zero-order valence-electron chi connectivity index (χ0n) is 10.1. The van der Waals surface area contributed by atoms with E-state index >= 15 is 0 Å². The van der Waals surface area contributed by atoms with Crippen molar-refractivity contribution in [2.75, 3.05) is 11.9 Å². The van der Waals surface area contributed by atoms with Crippen molar-refractivity contribution in [3.05, 3.63) is 36.9 Å². The molecule has 94 valence electrons. The van der Waals surface area contributed by atoms with Crippen molar-refractivity contribution < 1.29 is 13.9 Å². The van der Waals surface area contributed by atoms with Crippen LogP contribution in [0.5, 0.6) is 0 Å². The van der Waals surface area contributed by atoms with Crippen LogP contribution in [-0.4, -0.2) is 17.7 Å². The Labute approximate surface area is 105 Å². The summed E-state index contributed by atoms with van der Waals surface area (Å²) < 4.78 is 10.1. The molecule has 0 unspecified atom stereocenters. The molecule has 2 rings (SSSR count). The van der Waals surface area contributed by atoms with Crippen molar-refractivity contribution in [1.82, 2.24) is 4.98 Å². The molecule has 0 saturated carbocycles. The molecule has 18 heavy (non-hydrogen) atoms. The quantitative estimate of drug-likeness (QED) is 0.898. The number of aromatic nitrogens is 1. The molecule has 0 radical (unpaired) electrons. The van der Waals surface area contributed by atoms with Crippen LogP contribution < -0.4 is 5.32 Å². The molecule has 2 aromatic rings. The van der Waals surface area contributed by atoms with E-state index in [0.717, 1.165) is 12.0 Å². The highest BCUT2D eigenvalue weighted by Gasteiger charge is 2.04. The maximum atomic E-state index is 11.3. The second kappa shape index (κ2) is 5.86. The maximum absolute atomic E-state index is 11.3. The molecule has 0 aliphatic rings. The molecule has 0 aliphatic carbocycles. The molecule has 0 saturated heterocycles. The molecule has 1 heterocycles. The van der Waals surface area contributed by atoms with E-state index in [9.17, 15) is 4.79 Å². The van der Waals surface area contributed by atoms with Gasteiger partial charge in [-0.05, 0) is 30.7 Å². The zero-order valence-corrected chi connectivity index (χ0v) is 10.1. The summed E-state index contributed by atoms with van der Waals surface area (Å²) >= 11 is 0. The number of amides is 1. The Balaban J connectivity index is 1.98. The number of anilines is 1. The third-order valence-corrected chi connectivity index (χ3v) is 2.29. The van der Waals surface area contributed by atoms with E-state index in [4.69, 9.17) is 9.15 Å². The van der Waals surface area contributed by atoms with Crippen LogP contribution in [0.4, 0.5) is 10.5 Å². The van der Waals surface area contributed by atoms with Crippen molar-refractivity contribution in [2.24, 2.45) is 0 Å². The molecular weight excluding hydrogens is 232 g/mol. The van der Waals surface area contributed by atoms with Crippen LogP contribution in [0, 0.1) is 0 Å². The molecule has 1 N–H and O–H groups in total. The van der Waals surface area contributed by atoms with E-state index in [1.807, 2.05) is 19.1 Å². The highest BCUT2D eigenvalue weighted by Crippen LogP contribution is 2.20. The maximum Gasteiger partial charge on any atom is 0.411 e. The Kier molecular flexibility index (Phi) is 3.96. The van der Waals surface area contributed by atoms with Crippen LogP contribution in [0.25, 0.3) is 11.3 Å². The number of hydrogen-bond acceptors (Lipinski definition) is 4. The number of oxazole rings is 1. The second-order valence-electron chi connectivity index (χ2n) is 3.70. The topological polar surface area (TPSA) is 64.4 Å². The molecule has 1 aromatic heterocycles. The zero-order chi connectivity index (χ0) is 12.8. The number of nitrogens with one attached hydrogen (secondary N) is 1. The van der Waals surface area contributed by atoms with Gasteiger partial charge in [0, 0.05) is 11.3 Å². The van der Waals surface area contributed by atoms with Crippen LogP contribution in [-0.2, 0) is 4.74 Å². The van der Waals surface area contributed by atoms with Gasteiger partial charge in [-0.25, -0.2) is 9.78 Å². The average Bonchev–Trinajstić information content (AvgIpc) is 2.91. The standard InChI is InChI=1S/C13H14N2O3/c1-2-7-17-13(16)15-11-5-3-10(4-6-11)12-8-14-9-18-12/h3-6,8-9H,2,7H2,1H3,(H,15,16). The molecule has 1 aromatic carbocycles. The first kappa shape index (κ1) is 12.2. The highest BCUT2D eigenvalue weighted by atomic mass is 16.5. The predicted octanol–water partition coefficient (Wildman–Crippen LogP) is 3.30. The third-order valence-electron chi connectivity index (χ3n) is 2.29. The number of hydrogen-bond donors (Lipinski definition) is 1. The van der Waals surface area contributed by atoms with Crippen LogP contribution in [0.3, 0.4) is 0 Å². The van der Waals surface area contributed by atoms with Crippen LogP contribution in [0.2, 0.25) is 0 Å². The summed E-state index contributed by atoms with van der Waals surface area (Å²) in [5.41, 5.74) is 1.58. The van der Waals surface area contributed by atoms with Crippen molar-refractivity contribution in [3.8, 4) is 11.3 Å². The van der Waals surface area contributed by atoms with Gasteiger partial charge in [-0.15, -0.1) is 0 Å². The summed E-state index contributed by atoms with van der Waals surface area (Å²) in [6.45, 7) is 2.36. The monoisotopic (exact) mass is 246 g/mol. The predicted molar refractivity (Wildman–Crippen MR) is 67.2 cm³/mol. The Morgan fingerprint density at radius 2 is 2.17 bits per heavy atom. The summed E-state index contributed by atoms with van der Waals surface area (Å²) in [6, 6.07) is 7.25. The van der Waals surface area contributed by atoms with Crippen molar-refractivity contribution in [1.29, 1.82) is 0 Å². The minimum atomic E-state index is -0.440. The van der Waals surface area contributed by atoms with Gasteiger partial charge in [0.1, 0.15) is 0 Å². The normalized spacial score (nSPS) is 10.1. The first-order chi connectivity index (χ1) is 8.79. The van der Waals surface area contributed by atoms with Gasteiger partial charge in [-0.1, -0.05) is 6.92 Å². The Hall–Kier alpha value is -2.30. The highest BCUT2D eigenvalue weighted by molar-refractivity contribution is 5.84. The molecule has 5 heteroatoms. The lowest BCUT2D eigenvalue weighted by atomic mass is 10.2. The number of carbonyl (C=O) groups excluding carboxylic acids is 1. The fourth-order valence-electron chi connectivity index (χ4n) is 1.42. The van der Waals surface area contributed by atoms with Crippen molar-refractivity contribution in [2.45, 2.75) is 13.3 Å². The molecule has 0 bridgehead atoms. The molecular formula is C13H14N2O3. The number of carbonyl (C=O) groups is 1. The summed E-state index contributed by atoms with van der Waals surface area (Å²) in [6.07, 6.45) is 3.38. The second-order valence-corrected chi connectivity index (χ2v) is 3.70. The average molecular weight is 246 g/mol. The molecule has 5 nitrogen and oxygen atoms in total. The van der Waals surface area contributed by atoms with E-state index in [1.165, 1.54) is 6.39 Å². The Morgan fingerprint density at radius 1 is 1.39 bits per heavy atom. The van der Waals surface area contributed by atoms with Crippen LogP contribution in [0.1, 0.15) is 13.3 Å². The summed E-state index contributed by atoms with van der Waals surface area (Å²) in [5.74, 6) is 0.690. The SMILES string of the molecule is CCCOC(=O)Nc1ccc(-c2cnco2)cc1. The fraction of sp³-hybridized carbons (Fsp3) is 0.231. The lowest BCUT2D eigenvalue weighted by molar-refractivity contribution is 0.161. The smallest absolute Gasteiger partial charge is 0.411 e. The van der Waals surface area contributed by atoms with E-state index in [-0.39, 0.29) is 0 Å². The molecule has 0 aliphatic heterocycles. The van der Waals surface area contributed by atoms with Gasteiger partial charge in [0.15, 0.2) is 12.2 Å². The van der Waals surface area contributed by atoms with Crippen molar-refractivity contribution in [3.63, 3.8) is 0 Å². The van der Waals surface area contributed by atoms with E-state index < -0.39 is 6.09 Å². The molecule has 0 atom stereocenters. The molecule has 1 amide bonds. The van der Waals surface area contributed by atoms with Gasteiger partial charge in [0.2, 0.25) is 0 Å². The Morgan fingerprint density at radius 3 is 2.78 bits per heavy atom. The van der Waals surface area contributed by atoms with Gasteiger partial charge in [0.05, 0.1) is 12.8 Å². The first-order valence-corrected chi connectivity index (χ1v) is 5.72. The largest absolute Gasteiger partial charge is 0.449 e. The Bertz CT molecular complexity index is 491. The van der Waals surface area contributed by atoms with Crippen LogP contribution in [0.15, 0.2) is 41.3 Å². The van der Waals surface area contributed by atoms with Crippen molar-refractivity contribution >= 4 is 11.8 Å². The minimum Gasteiger partial charge on any atom is -0.449 e. The lowest BCUT2D eigenvalue weighted by Gasteiger charge is -2.06. The lowest BCUT2D eigenvalue weighted by Crippen LogP contribution is -2.13. The van der Waals surface area contributed by atoms with Gasteiger partial charge >= 0.3 is 6.09 Å². The number of benzene rings is 1. The van der Waals surface area contributed by atoms with E-state index in [1.54, 1.807) is 18.3 Å². The van der Waals surface area contributed by atoms with Gasteiger partial charge < -0.3 is 9.15 Å². The summed E-state index contributed by atoms with van der Waals surface area (Å²) in [7, 11) is 0. The van der Waals surface area contributed by atoms with E-state index in [0.29, 0.717) is 18.1 Å². The fourth-order valence-corrected chi connectivity index (χ4v) is 1.42. The summed E-state index contributed by atoms with van der Waals surface area (Å²) in [4.78, 5) is 15.2. The number of rotatable bonds is 4. The molecule has 0 fully saturated rings. The van der Waals surface area contributed by atoms with E-state index in [2.05, 4.69) is 10.3 Å². The van der Waals surface area contributed by atoms with Crippen LogP contribution >= 0.6 is 0 Å². The minimum absolute atomic E-state index is 0.419. The van der Waals surface area contributed by atoms with Gasteiger partial charge in [0.25, 0.3) is 0 Å².